The van der Waals surface area contributed by atoms with Gasteiger partial charge in [-0.2, -0.15) is 0 Å². The topological polar surface area (TPSA) is 21.3 Å². The van der Waals surface area contributed by atoms with Crippen molar-refractivity contribution in [2.45, 2.75) is 45.2 Å². The van der Waals surface area contributed by atoms with Gasteiger partial charge in [-0.15, -0.1) is 0 Å². The third-order valence-electron chi connectivity index (χ3n) is 3.59. The summed E-state index contributed by atoms with van der Waals surface area (Å²) in [5, 5.41) is 3.46. The summed E-state index contributed by atoms with van der Waals surface area (Å²) in [5.74, 6) is 1.25. The van der Waals surface area contributed by atoms with Gasteiger partial charge in [0.2, 0.25) is 0 Å². The van der Waals surface area contributed by atoms with Crippen molar-refractivity contribution in [2.75, 3.05) is 7.11 Å². The first-order valence-electron chi connectivity index (χ1n) is 6.69. The third kappa shape index (κ3) is 3.45. The van der Waals surface area contributed by atoms with E-state index in [0.29, 0.717) is 17.4 Å². The van der Waals surface area contributed by atoms with Crippen molar-refractivity contribution in [3.8, 4) is 5.75 Å². The monoisotopic (exact) mass is 251 g/mol. The van der Waals surface area contributed by atoms with E-state index in [2.05, 4.69) is 12.2 Å². The van der Waals surface area contributed by atoms with E-state index in [1.807, 2.05) is 13.0 Å². The van der Waals surface area contributed by atoms with Crippen LogP contribution in [0.5, 0.6) is 5.75 Å². The normalized spacial score (nSPS) is 18.4. The molecule has 0 radical (unpaired) electrons. The van der Waals surface area contributed by atoms with E-state index in [9.17, 15) is 4.39 Å². The number of nitrogens with one attached hydrogen (secondary N) is 1. The Labute approximate surface area is 109 Å². The molecule has 1 aliphatic rings. The van der Waals surface area contributed by atoms with Gasteiger partial charge in [-0.25, -0.2) is 4.39 Å². The molecule has 0 aromatic heterocycles. The maximum Gasteiger partial charge on any atom is 0.131 e. The van der Waals surface area contributed by atoms with Gasteiger partial charge >= 0.3 is 0 Å². The van der Waals surface area contributed by atoms with E-state index < -0.39 is 0 Å². The summed E-state index contributed by atoms with van der Waals surface area (Å²) in [7, 11) is 1.55. The van der Waals surface area contributed by atoms with Crippen molar-refractivity contribution >= 4 is 0 Å². The first kappa shape index (κ1) is 13.3. The predicted octanol–water partition coefficient (Wildman–Crippen LogP) is 3.67. The molecule has 2 atom stereocenters. The molecule has 1 aromatic rings. The van der Waals surface area contributed by atoms with Crippen molar-refractivity contribution in [3.05, 3.63) is 29.6 Å². The quantitative estimate of drug-likeness (QED) is 0.833. The van der Waals surface area contributed by atoms with E-state index in [-0.39, 0.29) is 11.9 Å². The number of halogens is 1. The molecule has 1 saturated carbocycles. The van der Waals surface area contributed by atoms with Gasteiger partial charge in [0.15, 0.2) is 0 Å². The summed E-state index contributed by atoms with van der Waals surface area (Å²) in [6, 6.07) is 5.52. The van der Waals surface area contributed by atoms with E-state index in [4.69, 9.17) is 4.74 Å². The fourth-order valence-corrected chi connectivity index (χ4v) is 2.42. The average Bonchev–Trinajstić information content (AvgIpc) is 3.12. The van der Waals surface area contributed by atoms with Crippen LogP contribution in [-0.2, 0) is 0 Å². The molecule has 1 aliphatic carbocycles. The van der Waals surface area contributed by atoms with Gasteiger partial charge in [0, 0.05) is 23.7 Å². The standard InChI is InChI=1S/C15H22FNO/c1-10(8-12-4-5-12)17-11(2)14-7-6-13(18-3)9-15(14)16/h6-7,9-12,17H,4-5,8H2,1-3H3. The minimum atomic E-state index is -0.201. The minimum absolute atomic E-state index is 0.0321. The first-order valence-corrected chi connectivity index (χ1v) is 6.69. The summed E-state index contributed by atoms with van der Waals surface area (Å²) in [4.78, 5) is 0. The molecule has 0 heterocycles. The predicted molar refractivity (Wildman–Crippen MR) is 71.3 cm³/mol. The number of ether oxygens (including phenoxy) is 1. The summed E-state index contributed by atoms with van der Waals surface area (Å²) < 4.78 is 18.9. The van der Waals surface area contributed by atoms with E-state index in [1.54, 1.807) is 13.2 Å². The summed E-state index contributed by atoms with van der Waals surface area (Å²) in [6.07, 6.45) is 3.91. The van der Waals surface area contributed by atoms with Crippen LogP contribution in [0.15, 0.2) is 18.2 Å². The molecule has 0 bridgehead atoms. The van der Waals surface area contributed by atoms with Gasteiger partial charge in [-0.05, 0) is 32.3 Å². The maximum atomic E-state index is 13.9. The van der Waals surface area contributed by atoms with Crippen LogP contribution in [0, 0.1) is 11.7 Å². The highest BCUT2D eigenvalue weighted by molar-refractivity contribution is 5.30. The van der Waals surface area contributed by atoms with Crippen LogP contribution in [0.2, 0.25) is 0 Å². The lowest BCUT2D eigenvalue weighted by Gasteiger charge is -2.21. The maximum absolute atomic E-state index is 13.9. The van der Waals surface area contributed by atoms with Gasteiger partial charge in [0.1, 0.15) is 11.6 Å². The lowest BCUT2D eigenvalue weighted by atomic mass is 10.0. The molecule has 2 rings (SSSR count). The Morgan fingerprint density at radius 3 is 2.67 bits per heavy atom. The third-order valence-corrected chi connectivity index (χ3v) is 3.59. The molecule has 1 N–H and O–H groups in total. The fraction of sp³-hybridized carbons (Fsp3) is 0.600. The van der Waals surface area contributed by atoms with Gasteiger partial charge in [0.25, 0.3) is 0 Å². The highest BCUT2D eigenvalue weighted by atomic mass is 19.1. The molecule has 0 saturated heterocycles. The highest BCUT2D eigenvalue weighted by Gasteiger charge is 2.24. The van der Waals surface area contributed by atoms with Crippen LogP contribution < -0.4 is 10.1 Å². The molecule has 100 valence electrons. The Hall–Kier alpha value is -1.09. The van der Waals surface area contributed by atoms with E-state index in [0.717, 1.165) is 5.92 Å². The van der Waals surface area contributed by atoms with Crippen molar-refractivity contribution in [2.24, 2.45) is 5.92 Å². The molecule has 3 heteroatoms. The number of methoxy groups -OCH3 is 1. The molecule has 0 amide bonds. The van der Waals surface area contributed by atoms with Crippen molar-refractivity contribution in [1.82, 2.24) is 5.32 Å². The molecule has 2 unspecified atom stereocenters. The van der Waals surface area contributed by atoms with E-state index in [1.165, 1.54) is 25.3 Å². The number of hydrogen-bond donors (Lipinski definition) is 1. The van der Waals surface area contributed by atoms with Crippen LogP contribution in [0.3, 0.4) is 0 Å². The zero-order chi connectivity index (χ0) is 13.1. The highest BCUT2D eigenvalue weighted by Crippen LogP contribution is 2.34. The zero-order valence-corrected chi connectivity index (χ0v) is 11.4. The van der Waals surface area contributed by atoms with Gasteiger partial charge in [-0.3, -0.25) is 0 Å². The summed E-state index contributed by atoms with van der Waals surface area (Å²) >= 11 is 0. The minimum Gasteiger partial charge on any atom is -0.497 e. The Bertz CT molecular complexity index is 403. The Morgan fingerprint density at radius 2 is 2.11 bits per heavy atom. The summed E-state index contributed by atoms with van der Waals surface area (Å²) in [6.45, 7) is 4.19. The summed E-state index contributed by atoms with van der Waals surface area (Å²) in [5.41, 5.74) is 0.707. The Kier molecular flexibility index (Phi) is 4.23. The lowest BCUT2D eigenvalue weighted by Crippen LogP contribution is -2.29. The van der Waals surface area contributed by atoms with Crippen LogP contribution in [-0.4, -0.2) is 13.2 Å². The SMILES string of the molecule is COc1ccc(C(C)NC(C)CC2CC2)c(F)c1. The van der Waals surface area contributed by atoms with Crippen LogP contribution in [0.4, 0.5) is 4.39 Å². The van der Waals surface area contributed by atoms with Crippen molar-refractivity contribution < 1.29 is 9.13 Å². The molecule has 1 fully saturated rings. The Balaban J connectivity index is 1.96. The number of hydrogen-bond acceptors (Lipinski definition) is 2. The molecule has 2 nitrogen and oxygen atoms in total. The molecular weight excluding hydrogens is 229 g/mol. The zero-order valence-electron chi connectivity index (χ0n) is 11.4. The molecule has 1 aromatic carbocycles. The van der Waals surface area contributed by atoms with Crippen molar-refractivity contribution in [1.29, 1.82) is 0 Å². The largest absolute Gasteiger partial charge is 0.497 e. The first-order chi connectivity index (χ1) is 8.60. The average molecular weight is 251 g/mol. The number of rotatable bonds is 6. The molecule has 0 spiro atoms. The molecular formula is C15H22FNO. The second kappa shape index (κ2) is 5.70. The van der Waals surface area contributed by atoms with Gasteiger partial charge in [0.05, 0.1) is 7.11 Å². The lowest BCUT2D eigenvalue weighted by molar-refractivity contribution is 0.405. The van der Waals surface area contributed by atoms with Crippen molar-refractivity contribution in [3.63, 3.8) is 0 Å². The van der Waals surface area contributed by atoms with Gasteiger partial charge in [-0.1, -0.05) is 18.9 Å². The van der Waals surface area contributed by atoms with Gasteiger partial charge < -0.3 is 10.1 Å². The number of benzene rings is 1. The molecule has 0 aliphatic heterocycles. The van der Waals surface area contributed by atoms with Crippen LogP contribution >= 0.6 is 0 Å². The second-order valence-electron chi connectivity index (χ2n) is 5.36. The molecule has 18 heavy (non-hydrogen) atoms. The van der Waals surface area contributed by atoms with Crippen LogP contribution in [0.25, 0.3) is 0 Å². The second-order valence-corrected chi connectivity index (χ2v) is 5.36. The Morgan fingerprint density at radius 1 is 1.39 bits per heavy atom. The smallest absolute Gasteiger partial charge is 0.131 e. The fourth-order valence-electron chi connectivity index (χ4n) is 2.42. The van der Waals surface area contributed by atoms with E-state index >= 15 is 0 Å². The van der Waals surface area contributed by atoms with Crippen LogP contribution in [0.1, 0.15) is 44.7 Å².